The maximum atomic E-state index is 5.87. The maximum Gasteiger partial charge on any atom is 0.127 e. The summed E-state index contributed by atoms with van der Waals surface area (Å²) >= 11 is 0. The number of benzene rings is 3. The number of hydrazine groups is 1. The number of allylic oxidation sites excluding steroid dienone is 1. The second-order valence-electron chi connectivity index (χ2n) is 6.90. The lowest BCUT2D eigenvalue weighted by Gasteiger charge is -2.37. The van der Waals surface area contributed by atoms with Crippen molar-refractivity contribution in [1.82, 2.24) is 5.01 Å². The van der Waals surface area contributed by atoms with Gasteiger partial charge in [-0.1, -0.05) is 42.5 Å². The Morgan fingerprint density at radius 3 is 2.21 bits per heavy atom. The average molecular weight is 379 g/mol. The molecule has 2 heterocycles. The minimum absolute atomic E-state index is 0.802. The molecular weight excluding hydrogens is 358 g/mol. The molecule has 0 aromatic heterocycles. The van der Waals surface area contributed by atoms with Crippen molar-refractivity contribution in [3.05, 3.63) is 109 Å². The Labute approximate surface area is 170 Å². The molecule has 3 aromatic rings. The Kier molecular flexibility index (Phi) is 4.59. The van der Waals surface area contributed by atoms with Gasteiger partial charge >= 0.3 is 0 Å². The smallest absolute Gasteiger partial charge is 0.127 e. The predicted octanol–water partition coefficient (Wildman–Crippen LogP) is 6.09. The summed E-state index contributed by atoms with van der Waals surface area (Å²) in [5.74, 6) is 1.63. The lowest BCUT2D eigenvalue weighted by atomic mass is 10.2. The molecule has 0 amide bonds. The minimum atomic E-state index is 0.802. The number of hydrogen-bond acceptors (Lipinski definition) is 4. The first-order valence-corrected chi connectivity index (χ1v) is 9.79. The zero-order chi connectivity index (χ0) is 19.5. The van der Waals surface area contributed by atoms with Gasteiger partial charge < -0.3 is 4.74 Å². The number of aliphatic imine (C=N–C) groups is 1. The van der Waals surface area contributed by atoms with Crippen molar-refractivity contribution in [1.29, 1.82) is 0 Å². The first-order chi connectivity index (χ1) is 14.4. The molecule has 0 atom stereocenters. The highest BCUT2D eigenvalue weighted by atomic mass is 16.5. The van der Waals surface area contributed by atoms with Crippen LogP contribution in [0.25, 0.3) is 0 Å². The van der Waals surface area contributed by atoms with Crippen LogP contribution in [-0.2, 0) is 0 Å². The van der Waals surface area contributed by atoms with Crippen LogP contribution in [0.1, 0.15) is 6.42 Å². The molecule has 2 aliphatic heterocycles. The fourth-order valence-electron chi connectivity index (χ4n) is 3.57. The van der Waals surface area contributed by atoms with Crippen molar-refractivity contribution >= 4 is 17.1 Å². The normalized spacial score (nSPS) is 16.7. The molecule has 29 heavy (non-hydrogen) atoms. The summed E-state index contributed by atoms with van der Waals surface area (Å²) in [7, 11) is 0. The van der Waals surface area contributed by atoms with Crippen molar-refractivity contribution in [2.45, 2.75) is 6.42 Å². The van der Waals surface area contributed by atoms with E-state index in [9.17, 15) is 0 Å². The third-order valence-electron chi connectivity index (χ3n) is 4.94. The van der Waals surface area contributed by atoms with Gasteiger partial charge in [0.1, 0.15) is 11.5 Å². The Bertz CT molecular complexity index is 1070. The Morgan fingerprint density at radius 2 is 1.45 bits per heavy atom. The van der Waals surface area contributed by atoms with E-state index in [1.54, 1.807) is 0 Å². The monoisotopic (exact) mass is 379 g/mol. The van der Waals surface area contributed by atoms with E-state index in [1.807, 2.05) is 60.7 Å². The van der Waals surface area contributed by atoms with Gasteiger partial charge in [0, 0.05) is 12.7 Å². The van der Waals surface area contributed by atoms with E-state index in [-0.39, 0.29) is 0 Å². The van der Waals surface area contributed by atoms with Crippen LogP contribution in [0.4, 0.5) is 11.4 Å². The number of fused-ring (bicyclic) bond motifs is 1. The van der Waals surface area contributed by atoms with E-state index >= 15 is 0 Å². The van der Waals surface area contributed by atoms with Gasteiger partial charge in [-0.15, -0.1) is 0 Å². The molecule has 5 rings (SSSR count). The number of ether oxygens (including phenoxy) is 1. The van der Waals surface area contributed by atoms with Crippen LogP contribution >= 0.6 is 0 Å². The van der Waals surface area contributed by atoms with E-state index in [0.717, 1.165) is 47.2 Å². The third-order valence-corrected chi connectivity index (χ3v) is 4.94. The van der Waals surface area contributed by atoms with Crippen LogP contribution in [0, 0.1) is 0 Å². The van der Waals surface area contributed by atoms with Crippen LogP contribution < -0.4 is 9.75 Å². The topological polar surface area (TPSA) is 28.1 Å². The van der Waals surface area contributed by atoms with Gasteiger partial charge in [0.25, 0.3) is 0 Å². The molecule has 0 aliphatic carbocycles. The molecule has 0 fully saturated rings. The highest BCUT2D eigenvalue weighted by Gasteiger charge is 2.27. The van der Waals surface area contributed by atoms with Crippen molar-refractivity contribution in [3.8, 4) is 11.5 Å². The minimum Gasteiger partial charge on any atom is -0.457 e. The fraction of sp³-hybridized carbons (Fsp3) is 0.0800. The summed E-state index contributed by atoms with van der Waals surface area (Å²) in [4.78, 5) is 4.87. The van der Waals surface area contributed by atoms with Crippen LogP contribution in [0.5, 0.6) is 11.5 Å². The molecule has 0 unspecified atom stereocenters. The van der Waals surface area contributed by atoms with Gasteiger partial charge in [-0.2, -0.15) is 0 Å². The molecule has 4 heteroatoms. The van der Waals surface area contributed by atoms with Crippen LogP contribution in [0.3, 0.4) is 0 Å². The van der Waals surface area contributed by atoms with Crippen molar-refractivity contribution < 1.29 is 4.74 Å². The highest BCUT2D eigenvalue weighted by molar-refractivity contribution is 6.10. The zero-order valence-electron chi connectivity index (χ0n) is 16.0. The van der Waals surface area contributed by atoms with Crippen LogP contribution in [0.15, 0.2) is 114 Å². The van der Waals surface area contributed by atoms with Gasteiger partial charge in [0.15, 0.2) is 0 Å². The molecule has 0 saturated heterocycles. The molecule has 142 valence electrons. The largest absolute Gasteiger partial charge is 0.457 e. The summed E-state index contributed by atoms with van der Waals surface area (Å²) in [6, 6.07) is 28.1. The number of rotatable bonds is 4. The Morgan fingerprint density at radius 1 is 0.759 bits per heavy atom. The number of para-hydroxylation sites is 2. The molecule has 0 saturated carbocycles. The molecule has 0 radical (unpaired) electrons. The summed E-state index contributed by atoms with van der Waals surface area (Å²) in [5.41, 5.74) is 4.19. The zero-order valence-corrected chi connectivity index (χ0v) is 16.0. The van der Waals surface area contributed by atoms with Gasteiger partial charge in [-0.25, -0.2) is 4.99 Å². The summed E-state index contributed by atoms with van der Waals surface area (Å²) < 4.78 is 5.87. The Hall–Kier alpha value is -3.79. The predicted molar refractivity (Wildman–Crippen MR) is 118 cm³/mol. The second kappa shape index (κ2) is 7.68. The summed E-state index contributed by atoms with van der Waals surface area (Å²) in [5, 5.41) is 4.47. The van der Waals surface area contributed by atoms with Crippen LogP contribution in [0.2, 0.25) is 0 Å². The third kappa shape index (κ3) is 3.65. The fourth-order valence-corrected chi connectivity index (χ4v) is 3.57. The molecular formula is C25H21N3O. The standard InChI is InChI=1S/C25H21N3O/c1-3-8-21(9-4-1)27-19-17-24(25-12-7-18-28(25)27)26-20-13-15-23(16-14-20)29-22-10-5-2-6-11-22/h1-6,8-17,19H,7,18H2. The first kappa shape index (κ1) is 17.3. The molecule has 0 spiro atoms. The maximum absolute atomic E-state index is 5.87. The van der Waals surface area contributed by atoms with Gasteiger partial charge in [0.05, 0.1) is 22.8 Å². The Balaban J connectivity index is 1.38. The molecule has 4 nitrogen and oxygen atoms in total. The van der Waals surface area contributed by atoms with Gasteiger partial charge in [-0.3, -0.25) is 10.0 Å². The second-order valence-corrected chi connectivity index (χ2v) is 6.90. The van der Waals surface area contributed by atoms with E-state index in [1.165, 1.54) is 0 Å². The van der Waals surface area contributed by atoms with Crippen molar-refractivity contribution in [2.24, 2.45) is 4.99 Å². The molecule has 0 bridgehead atoms. The van der Waals surface area contributed by atoms with Crippen molar-refractivity contribution in [3.63, 3.8) is 0 Å². The summed E-state index contributed by atoms with van der Waals surface area (Å²) in [6.45, 7) is 0.956. The highest BCUT2D eigenvalue weighted by Crippen LogP contribution is 2.30. The molecule has 0 N–H and O–H groups in total. The summed E-state index contributed by atoms with van der Waals surface area (Å²) in [6.07, 6.45) is 7.44. The quantitative estimate of drug-likeness (QED) is 0.549. The molecule has 3 aromatic carbocycles. The lowest BCUT2D eigenvalue weighted by molar-refractivity contribution is 0.392. The van der Waals surface area contributed by atoms with E-state index < -0.39 is 0 Å². The number of anilines is 1. The van der Waals surface area contributed by atoms with Crippen molar-refractivity contribution in [2.75, 3.05) is 11.6 Å². The van der Waals surface area contributed by atoms with E-state index in [0.29, 0.717) is 0 Å². The number of nitrogens with zero attached hydrogens (tertiary/aromatic N) is 3. The first-order valence-electron chi connectivity index (χ1n) is 9.79. The van der Waals surface area contributed by atoms with E-state index in [4.69, 9.17) is 9.73 Å². The van der Waals surface area contributed by atoms with Gasteiger partial charge in [0.2, 0.25) is 0 Å². The molecule has 2 aliphatic rings. The SMILES string of the molecule is C1=CN(c2ccccc2)N2CCC=C2C1=Nc1ccc(Oc2ccccc2)cc1. The average Bonchev–Trinajstić information content (AvgIpc) is 3.27. The van der Waals surface area contributed by atoms with E-state index in [2.05, 4.69) is 52.6 Å². The van der Waals surface area contributed by atoms with Gasteiger partial charge in [-0.05, 0) is 61.0 Å². The number of hydrogen-bond donors (Lipinski definition) is 0. The lowest BCUT2D eigenvalue weighted by Crippen LogP contribution is -2.41. The van der Waals surface area contributed by atoms with Crippen LogP contribution in [-0.4, -0.2) is 17.3 Å².